The first kappa shape index (κ1) is 31.7. The normalized spacial score (nSPS) is 34.0. The Balaban J connectivity index is 1.42. The van der Waals surface area contributed by atoms with Gasteiger partial charge < -0.3 is 39.0 Å². The van der Waals surface area contributed by atoms with Crippen LogP contribution < -0.4 is 9.47 Å². The summed E-state index contributed by atoms with van der Waals surface area (Å²) in [6.45, 7) is 1.62. The molecule has 2 saturated heterocycles. The number of nitrogens with zero attached hydrogens (tertiary/aromatic N) is 2. The number of Topliss-reactive ketones (excluding diaryl/α,β-unsaturated/α-hetero) is 2. The van der Waals surface area contributed by atoms with Crippen molar-refractivity contribution in [3.05, 3.63) is 46.2 Å². The van der Waals surface area contributed by atoms with E-state index < -0.39 is 16.9 Å². The molecule has 2 aliphatic heterocycles. The number of piperidine rings is 2. The highest BCUT2D eigenvalue weighted by Gasteiger charge is 2.60. The van der Waals surface area contributed by atoms with E-state index in [-0.39, 0.29) is 53.4 Å². The van der Waals surface area contributed by atoms with E-state index in [0.717, 1.165) is 52.9 Å². The summed E-state index contributed by atoms with van der Waals surface area (Å²) in [5.41, 5.74) is 4.27. The number of rotatable bonds is 5. The smallest absolute Gasteiger partial charge is 0.197 e. The van der Waals surface area contributed by atoms with Crippen molar-refractivity contribution in [2.24, 2.45) is 11.8 Å². The Morgan fingerprint density at radius 1 is 0.771 bits per heavy atom. The van der Waals surface area contributed by atoms with Crippen LogP contribution in [-0.2, 0) is 42.7 Å². The van der Waals surface area contributed by atoms with Crippen molar-refractivity contribution in [2.45, 2.75) is 74.0 Å². The third-order valence-corrected chi connectivity index (χ3v) is 13.4. The number of carbonyl (C=O) groups is 2. The fourth-order valence-corrected chi connectivity index (χ4v) is 11.1. The second-order valence-electron chi connectivity index (χ2n) is 15.0. The predicted octanol–water partition coefficient (Wildman–Crippen LogP) is 3.89. The lowest BCUT2D eigenvalue weighted by atomic mass is 9.50. The molecular weight excluding hydrogens is 612 g/mol. The molecule has 48 heavy (non-hydrogen) atoms. The standard InChI is InChI=1S/C38H46N2O8/c1-39-9-7-37-17-27(41)29(45-3)15-23(37)25(39)11-21-19(13-31(47-5)35(43)33(21)37)20-14-32(48-6)36(44)34-22(20)12-26-24-16-30(46-4)28(42)18-38(24,34)8-10-40(26)2/h13-15,23-26,30,43-44H,7-12,16-18H2,1-6H3. The van der Waals surface area contributed by atoms with Gasteiger partial charge in [0.15, 0.2) is 40.3 Å². The number of carbonyl (C=O) groups excluding carboxylic acids is 2. The lowest BCUT2D eigenvalue weighted by molar-refractivity contribution is -0.141. The number of aromatic hydroxyl groups is 2. The zero-order valence-electron chi connectivity index (χ0n) is 28.7. The van der Waals surface area contributed by atoms with Crippen LogP contribution in [0, 0.1) is 11.8 Å². The minimum absolute atomic E-state index is 0.0276. The number of hydrogen-bond acceptors (Lipinski definition) is 10. The van der Waals surface area contributed by atoms with E-state index in [4.69, 9.17) is 18.9 Å². The third-order valence-electron chi connectivity index (χ3n) is 13.4. The zero-order chi connectivity index (χ0) is 33.9. The largest absolute Gasteiger partial charge is 0.504 e. The predicted molar refractivity (Wildman–Crippen MR) is 178 cm³/mol. The number of benzene rings is 2. The van der Waals surface area contributed by atoms with Crippen LogP contribution >= 0.6 is 0 Å². The first-order chi connectivity index (χ1) is 23.0. The SMILES string of the molecule is COC1=CC2C3Cc4c(-c5cc(OC)c(O)c6c5CC5C7CC(OC)C(=O)CC67CCN5C)cc(OC)c(O)c4C2(CCN3C)CC1=O. The topological polar surface area (TPSA) is 118 Å². The molecule has 1 saturated carbocycles. The molecule has 7 atom stereocenters. The molecule has 256 valence electrons. The van der Waals surface area contributed by atoms with Gasteiger partial charge in [0, 0.05) is 59.9 Å². The van der Waals surface area contributed by atoms with Crippen LogP contribution in [0.1, 0.15) is 54.4 Å². The van der Waals surface area contributed by atoms with Gasteiger partial charge in [0.1, 0.15) is 6.10 Å². The lowest BCUT2D eigenvalue weighted by Crippen LogP contribution is -2.63. The van der Waals surface area contributed by atoms with Crippen LogP contribution in [0.4, 0.5) is 0 Å². The molecule has 0 aromatic heterocycles. The van der Waals surface area contributed by atoms with Crippen LogP contribution in [0.3, 0.4) is 0 Å². The van der Waals surface area contributed by atoms with Crippen molar-refractivity contribution in [2.75, 3.05) is 55.6 Å². The van der Waals surface area contributed by atoms with Crippen LogP contribution in [0.5, 0.6) is 23.0 Å². The van der Waals surface area contributed by atoms with Gasteiger partial charge in [-0.05, 0) is 106 Å². The minimum atomic E-state index is -0.621. The maximum Gasteiger partial charge on any atom is 0.197 e. The van der Waals surface area contributed by atoms with Crippen LogP contribution in [0.15, 0.2) is 24.0 Å². The number of phenols is 2. The molecule has 0 radical (unpaired) electrons. The van der Waals surface area contributed by atoms with Crippen LogP contribution in [0.2, 0.25) is 0 Å². The monoisotopic (exact) mass is 658 g/mol. The van der Waals surface area contributed by atoms with E-state index in [1.54, 1.807) is 28.4 Å². The molecule has 0 amide bonds. The molecule has 7 unspecified atom stereocenters. The summed E-state index contributed by atoms with van der Waals surface area (Å²) in [7, 11) is 10.6. The summed E-state index contributed by atoms with van der Waals surface area (Å²) in [6, 6.07) is 4.08. The molecule has 2 aromatic carbocycles. The van der Waals surface area contributed by atoms with Crippen molar-refractivity contribution in [3.63, 3.8) is 0 Å². The van der Waals surface area contributed by atoms with Crippen LogP contribution in [-0.4, -0.2) is 105 Å². The van der Waals surface area contributed by atoms with Gasteiger partial charge in [-0.3, -0.25) is 9.59 Å². The first-order valence-electron chi connectivity index (χ1n) is 17.2. The molecular formula is C38H46N2O8. The Bertz CT molecular complexity index is 1770. The number of methoxy groups -OCH3 is 4. The van der Waals surface area contributed by atoms with Gasteiger partial charge in [0.25, 0.3) is 0 Å². The van der Waals surface area contributed by atoms with Gasteiger partial charge >= 0.3 is 0 Å². The van der Waals surface area contributed by atoms with Gasteiger partial charge in [-0.1, -0.05) is 0 Å². The molecule has 2 aromatic rings. The third kappa shape index (κ3) is 4.02. The quantitative estimate of drug-likeness (QED) is 0.490. The van der Waals surface area contributed by atoms with Crippen molar-refractivity contribution in [3.8, 4) is 34.1 Å². The molecule has 3 fully saturated rings. The van der Waals surface area contributed by atoms with Crippen LogP contribution in [0.25, 0.3) is 11.1 Å². The van der Waals surface area contributed by atoms with Gasteiger partial charge in [-0.2, -0.15) is 0 Å². The maximum absolute atomic E-state index is 13.6. The summed E-state index contributed by atoms with van der Waals surface area (Å²) in [4.78, 5) is 31.9. The van der Waals surface area contributed by atoms with Crippen molar-refractivity contribution in [1.29, 1.82) is 0 Å². The highest BCUT2D eigenvalue weighted by Crippen LogP contribution is 2.63. The summed E-state index contributed by atoms with van der Waals surface area (Å²) in [6.07, 6.45) is 5.47. The number of likely N-dealkylation sites (tertiary alicyclic amines) is 2. The average Bonchev–Trinajstić information content (AvgIpc) is 3.07. The molecule has 10 heteroatoms. The van der Waals surface area contributed by atoms with E-state index in [1.807, 2.05) is 18.2 Å². The Labute approximate surface area is 281 Å². The van der Waals surface area contributed by atoms with Crippen molar-refractivity contribution < 1.29 is 38.7 Å². The molecule has 4 aliphatic carbocycles. The molecule has 4 bridgehead atoms. The van der Waals surface area contributed by atoms with Crippen molar-refractivity contribution in [1.82, 2.24) is 9.80 Å². The Morgan fingerprint density at radius 2 is 1.33 bits per heavy atom. The fourth-order valence-electron chi connectivity index (χ4n) is 11.1. The number of allylic oxidation sites excluding steroid dienone is 1. The number of likely N-dealkylation sites (N-methyl/N-ethyl adjacent to an activating group) is 2. The highest BCUT2D eigenvalue weighted by molar-refractivity contribution is 5.96. The Kier molecular flexibility index (Phi) is 7.22. The summed E-state index contributed by atoms with van der Waals surface area (Å²) in [5, 5.41) is 24.0. The molecule has 0 spiro atoms. The maximum atomic E-state index is 13.6. The number of hydrogen-bond donors (Lipinski definition) is 2. The fraction of sp³-hybridized carbons (Fsp3) is 0.579. The average molecular weight is 659 g/mol. The number of fused-ring (bicyclic) bond motifs is 2. The summed E-state index contributed by atoms with van der Waals surface area (Å²) >= 11 is 0. The highest BCUT2D eigenvalue weighted by atomic mass is 16.5. The molecule has 2 heterocycles. The zero-order valence-corrected chi connectivity index (χ0v) is 28.7. The summed E-state index contributed by atoms with van der Waals surface area (Å²) < 4.78 is 23.0. The number of ether oxygens (including phenoxy) is 4. The van der Waals surface area contributed by atoms with E-state index in [0.29, 0.717) is 49.4 Å². The van der Waals surface area contributed by atoms with Gasteiger partial charge in [-0.15, -0.1) is 0 Å². The Morgan fingerprint density at radius 3 is 1.92 bits per heavy atom. The Hall–Kier alpha value is -3.60. The second kappa shape index (κ2) is 11.0. The van der Waals surface area contributed by atoms with Gasteiger partial charge in [-0.25, -0.2) is 0 Å². The first-order valence-corrected chi connectivity index (χ1v) is 17.2. The lowest BCUT2D eigenvalue weighted by Gasteiger charge is -2.59. The number of phenolic OH excluding ortho intramolecular Hbond substituents is 2. The van der Waals surface area contributed by atoms with Crippen molar-refractivity contribution >= 4 is 11.6 Å². The molecule has 10 nitrogen and oxygen atoms in total. The molecule has 6 aliphatic rings. The number of ketones is 2. The minimum Gasteiger partial charge on any atom is -0.504 e. The second-order valence-corrected chi connectivity index (χ2v) is 15.0. The van der Waals surface area contributed by atoms with E-state index >= 15 is 0 Å². The van der Waals surface area contributed by atoms with Gasteiger partial charge in [0.05, 0.1) is 21.3 Å². The van der Waals surface area contributed by atoms with E-state index in [2.05, 4.69) is 23.9 Å². The van der Waals surface area contributed by atoms with E-state index in [9.17, 15) is 19.8 Å². The molecule has 8 rings (SSSR count). The van der Waals surface area contributed by atoms with E-state index in [1.165, 1.54) is 0 Å². The molecule has 2 N–H and O–H groups in total. The summed E-state index contributed by atoms with van der Waals surface area (Å²) in [5.74, 6) is 1.41. The van der Waals surface area contributed by atoms with Gasteiger partial charge in [0.2, 0.25) is 0 Å².